The van der Waals surface area contributed by atoms with E-state index in [1.807, 2.05) is 0 Å². The molecule has 5 heteroatoms. The van der Waals surface area contributed by atoms with Crippen molar-refractivity contribution in [2.24, 2.45) is 0 Å². The molecule has 0 amide bonds. The molecule has 3 heterocycles. The van der Waals surface area contributed by atoms with Crippen LogP contribution < -0.4 is 0 Å². The highest BCUT2D eigenvalue weighted by Crippen LogP contribution is 2.41. The quantitative estimate of drug-likeness (QED) is 0.181. The van der Waals surface area contributed by atoms with Crippen molar-refractivity contribution in [2.75, 3.05) is 0 Å². The van der Waals surface area contributed by atoms with Crippen molar-refractivity contribution < 1.29 is 41.4 Å². The molecule has 0 atom stereocenters. The SMILES string of the molecule is [2H]c1c([2H])c([2H])c(-c2nc(-c3c([2H])c([2H])c(C)c([2H])c3[2H])nc(-c3c([2H])c([2H])c([2H])c4c3oc3c(-c5c([2H])c([2H])c([2H])c(-n6c7c([2H])c([2H])c([2H])c([2H])c7c7c([2H])c([2H])c([2H])c([2H])c76)c5[2H])c([2H])c([2H])c([2H])c34)n2)c([2H])c1[2H]. The molecule has 10 aromatic rings. The molecule has 0 unspecified atom stereocenters. The average molecular weight is 682 g/mol. The Morgan fingerprint density at radius 1 is 0.451 bits per heavy atom. The van der Waals surface area contributed by atoms with Crippen LogP contribution in [-0.4, -0.2) is 19.5 Å². The maximum Gasteiger partial charge on any atom is 0.167 e. The van der Waals surface area contributed by atoms with Gasteiger partial charge in [-0.15, -0.1) is 0 Å². The molecule has 240 valence electrons. The smallest absolute Gasteiger partial charge is 0.167 e. The van der Waals surface area contributed by atoms with Gasteiger partial charge in [-0.3, -0.25) is 0 Å². The molecule has 51 heavy (non-hydrogen) atoms. The van der Waals surface area contributed by atoms with Crippen molar-refractivity contribution in [3.63, 3.8) is 0 Å². The van der Waals surface area contributed by atoms with Crippen LogP contribution in [0, 0.1) is 6.92 Å². The molecule has 10 rings (SSSR count). The molecule has 0 aliphatic heterocycles. The molecule has 0 saturated heterocycles. The summed E-state index contributed by atoms with van der Waals surface area (Å²) in [5, 5.41) is -2.09. The number of rotatable bonds is 5. The van der Waals surface area contributed by atoms with Crippen LogP contribution in [0.2, 0.25) is 0 Å². The minimum Gasteiger partial charge on any atom is -0.455 e. The van der Waals surface area contributed by atoms with Crippen LogP contribution in [0.3, 0.4) is 0 Å². The Morgan fingerprint density at radius 3 is 1.65 bits per heavy atom. The Morgan fingerprint density at radius 2 is 0.961 bits per heavy atom. The molecule has 0 bridgehead atoms. The van der Waals surface area contributed by atoms with Crippen LogP contribution in [0.15, 0.2) is 168 Å². The van der Waals surface area contributed by atoms with Crippen LogP contribution in [0.4, 0.5) is 0 Å². The van der Waals surface area contributed by atoms with Gasteiger partial charge in [0.05, 0.1) is 53.6 Å². The summed E-state index contributed by atoms with van der Waals surface area (Å²) in [6, 6.07) is -23.0. The van der Waals surface area contributed by atoms with Gasteiger partial charge in [0, 0.05) is 43.9 Å². The summed E-state index contributed by atoms with van der Waals surface area (Å²) < 4.78 is 247. The summed E-state index contributed by atoms with van der Waals surface area (Å²) in [6.07, 6.45) is 0. The lowest BCUT2D eigenvalue weighted by Crippen LogP contribution is -2.00. The fourth-order valence-electron chi connectivity index (χ4n) is 5.56. The van der Waals surface area contributed by atoms with E-state index in [0.717, 1.165) is 4.57 Å². The summed E-state index contributed by atoms with van der Waals surface area (Å²) in [4.78, 5) is 13.0. The van der Waals surface area contributed by atoms with Gasteiger partial charge in [0.15, 0.2) is 17.5 Å². The highest BCUT2D eigenvalue weighted by molar-refractivity contribution is 6.13. The van der Waals surface area contributed by atoms with Crippen LogP contribution in [0.1, 0.15) is 42.6 Å². The van der Waals surface area contributed by atoms with E-state index < -0.39 is 258 Å². The highest BCUT2D eigenvalue weighted by atomic mass is 16.3. The third-order valence-electron chi connectivity index (χ3n) is 7.79. The zero-order valence-corrected chi connectivity index (χ0v) is 25.7. The molecule has 7 aromatic carbocycles. The second kappa shape index (κ2) is 11.6. The first-order valence-corrected chi connectivity index (χ1v) is 14.9. The van der Waals surface area contributed by atoms with Crippen LogP contribution in [0.25, 0.3) is 94.7 Å². The first-order valence-electron chi connectivity index (χ1n) is 28.4. The molecular weight excluding hydrogens is 625 g/mol. The van der Waals surface area contributed by atoms with Gasteiger partial charge in [-0.25, -0.2) is 15.0 Å². The number of hydrogen-bond acceptors (Lipinski definition) is 4. The van der Waals surface area contributed by atoms with E-state index in [2.05, 4.69) is 15.0 Å². The van der Waals surface area contributed by atoms with Gasteiger partial charge >= 0.3 is 0 Å². The Kier molecular flexibility index (Phi) is 2.92. The fraction of sp³-hybridized carbons (Fsp3) is 0.0217. The van der Waals surface area contributed by atoms with E-state index in [4.69, 9.17) is 31.8 Å². The maximum atomic E-state index is 9.80. The first-order chi connectivity index (χ1) is 36.4. The number of nitrogens with zero attached hydrogens (tertiary/aromatic N) is 4. The summed E-state index contributed by atoms with van der Waals surface area (Å²) in [6.45, 7) is 1.31. The number of fused-ring (bicyclic) bond motifs is 6. The first kappa shape index (κ1) is 12.8. The number of aromatic nitrogens is 4. The standard InChI is InChI=1S/C46H30N4O/c1-29-24-26-31(27-25-29)45-47-44(30-12-3-2-4-13-30)48-46(49-45)39-21-11-20-38-37-19-10-18-34(42(37)51-43(38)39)32-14-9-15-33(28-32)50-40-22-7-5-16-35(40)36-17-6-8-23-41(36)50/h2-28H,1H3/i2D,3D,4D,5D,6D,7D,8D,9D,10D,11D,12D,13D,14D,15D,16D,17D,18D,19D,20D,21D,22D,23D,24D,25D,26D,27D,28D. The Balaban J connectivity index is 1.38. The van der Waals surface area contributed by atoms with Gasteiger partial charge in [0.1, 0.15) is 11.2 Å². The second-order valence-corrected chi connectivity index (χ2v) is 10.8. The van der Waals surface area contributed by atoms with Crippen LogP contribution in [-0.2, 0) is 0 Å². The number of furan rings is 1. The van der Waals surface area contributed by atoms with E-state index >= 15 is 0 Å². The lowest BCUT2D eigenvalue weighted by atomic mass is 10.0. The van der Waals surface area contributed by atoms with E-state index in [0.29, 0.717) is 0 Å². The molecular formula is C46H30N4O. The van der Waals surface area contributed by atoms with Crippen LogP contribution >= 0.6 is 0 Å². The molecule has 3 aromatic heterocycles. The van der Waals surface area contributed by atoms with Crippen molar-refractivity contribution in [1.29, 1.82) is 0 Å². The van der Waals surface area contributed by atoms with Crippen molar-refractivity contribution in [3.05, 3.63) is 169 Å². The third-order valence-corrected chi connectivity index (χ3v) is 7.79. The van der Waals surface area contributed by atoms with Gasteiger partial charge in [0.2, 0.25) is 0 Å². The minimum absolute atomic E-state index is 0.0924. The van der Waals surface area contributed by atoms with Crippen molar-refractivity contribution in [3.8, 4) is 51.0 Å². The molecule has 5 nitrogen and oxygen atoms in total. The van der Waals surface area contributed by atoms with Crippen molar-refractivity contribution >= 4 is 43.7 Å². The Bertz CT molecular complexity index is 4270. The summed E-state index contributed by atoms with van der Waals surface area (Å²) in [5.74, 6) is -2.28. The predicted molar refractivity (Wildman–Crippen MR) is 208 cm³/mol. The average Bonchev–Trinajstić information content (AvgIpc) is 3.80. The van der Waals surface area contributed by atoms with E-state index in [-0.39, 0.29) is 5.56 Å². The highest BCUT2D eigenvalue weighted by Gasteiger charge is 2.20. The third kappa shape index (κ3) is 4.82. The van der Waals surface area contributed by atoms with Gasteiger partial charge in [-0.2, -0.15) is 0 Å². The molecule has 0 N–H and O–H groups in total. The predicted octanol–water partition coefficient (Wildman–Crippen LogP) is 11.8. The second-order valence-electron chi connectivity index (χ2n) is 10.8. The van der Waals surface area contributed by atoms with Crippen molar-refractivity contribution in [2.45, 2.75) is 6.92 Å². The van der Waals surface area contributed by atoms with E-state index in [1.54, 1.807) is 0 Å². The molecule has 0 aliphatic rings. The molecule has 0 aliphatic carbocycles. The summed E-state index contributed by atoms with van der Waals surface area (Å²) in [7, 11) is 0. The topological polar surface area (TPSA) is 56.7 Å². The largest absolute Gasteiger partial charge is 0.455 e. The zero-order chi connectivity index (χ0) is 57.4. The minimum atomic E-state index is -1.04. The maximum absolute atomic E-state index is 9.80. The number of para-hydroxylation sites is 4. The van der Waals surface area contributed by atoms with Gasteiger partial charge in [0.25, 0.3) is 0 Å². The van der Waals surface area contributed by atoms with Gasteiger partial charge in [-0.1, -0.05) is 138 Å². The molecule has 0 radical (unpaired) electrons. The number of hydrogen-bond donors (Lipinski definition) is 0. The van der Waals surface area contributed by atoms with E-state index in [1.165, 1.54) is 6.92 Å². The fourth-order valence-corrected chi connectivity index (χ4v) is 5.56. The van der Waals surface area contributed by atoms with Gasteiger partial charge < -0.3 is 8.98 Å². The number of benzene rings is 7. The molecule has 0 spiro atoms. The van der Waals surface area contributed by atoms with Crippen LogP contribution in [0.5, 0.6) is 0 Å². The molecule has 0 fully saturated rings. The lowest BCUT2D eigenvalue weighted by molar-refractivity contribution is 0.670. The van der Waals surface area contributed by atoms with E-state index in [9.17, 15) is 9.60 Å². The van der Waals surface area contributed by atoms with Crippen molar-refractivity contribution in [1.82, 2.24) is 19.5 Å². The Hall–Kier alpha value is -6.85. The Labute approximate surface area is 332 Å². The van der Waals surface area contributed by atoms with Gasteiger partial charge in [-0.05, 0) is 42.7 Å². The zero-order valence-electron chi connectivity index (χ0n) is 52.7. The lowest BCUT2D eigenvalue weighted by Gasteiger charge is -2.10. The summed E-state index contributed by atoms with van der Waals surface area (Å²) in [5.41, 5.74) is -7.07. The summed E-state index contributed by atoms with van der Waals surface area (Å²) >= 11 is 0. The normalized spacial score (nSPS) is 19.0. The molecule has 0 saturated carbocycles. The monoisotopic (exact) mass is 681 g/mol.